The fourth-order valence-corrected chi connectivity index (χ4v) is 2.72. The maximum atomic E-state index is 10.5. The average molecular weight is 266 g/mol. The van der Waals surface area contributed by atoms with E-state index in [0.717, 1.165) is 31.6 Å². The van der Waals surface area contributed by atoms with Gasteiger partial charge in [0.25, 0.3) is 0 Å². The van der Waals surface area contributed by atoms with E-state index in [1.165, 1.54) is 23.2 Å². The van der Waals surface area contributed by atoms with Crippen molar-refractivity contribution in [2.75, 3.05) is 23.3 Å². The molecule has 2 heterocycles. The molecule has 0 bridgehead atoms. The van der Waals surface area contributed by atoms with E-state index in [1.54, 1.807) is 4.90 Å². The molecule has 4 rings (SSSR count). The number of carbonyl (C=O) groups is 1. The quantitative estimate of drug-likeness (QED) is 0.805. The van der Waals surface area contributed by atoms with Gasteiger partial charge in [-0.15, -0.1) is 0 Å². The highest BCUT2D eigenvalue weighted by atomic mass is 16.1. The zero-order valence-electron chi connectivity index (χ0n) is 11.4. The number of carbonyl (C=O) groups excluding carboxylic acids is 1. The number of benzene rings is 2. The molecule has 102 valence electrons. The van der Waals surface area contributed by atoms with Gasteiger partial charge in [-0.1, -0.05) is 36.4 Å². The molecule has 0 radical (unpaired) electrons. The second-order valence-corrected chi connectivity index (χ2v) is 5.01. The van der Waals surface area contributed by atoms with Crippen LogP contribution >= 0.6 is 0 Å². The second kappa shape index (κ2) is 5.78. The number of hydrogen-bond acceptors (Lipinski definition) is 2. The Morgan fingerprint density at radius 2 is 1.70 bits per heavy atom. The van der Waals surface area contributed by atoms with Gasteiger partial charge in [-0.05, 0) is 36.1 Å². The van der Waals surface area contributed by atoms with Crippen molar-refractivity contribution < 1.29 is 4.79 Å². The predicted octanol–water partition coefficient (Wildman–Crippen LogP) is 2.86. The monoisotopic (exact) mass is 266 g/mol. The molecule has 2 aliphatic heterocycles. The average Bonchev–Trinajstić information content (AvgIpc) is 3.14. The summed E-state index contributed by atoms with van der Waals surface area (Å²) in [6.07, 6.45) is 3.08. The molecular formula is C17H18N2O. The highest BCUT2D eigenvalue weighted by molar-refractivity contribution is 5.79. The van der Waals surface area contributed by atoms with Gasteiger partial charge in [0.2, 0.25) is 6.41 Å². The third-order valence-electron chi connectivity index (χ3n) is 3.78. The first-order valence-corrected chi connectivity index (χ1v) is 7.00. The maximum Gasteiger partial charge on any atom is 0.214 e. The van der Waals surface area contributed by atoms with Gasteiger partial charge in [-0.3, -0.25) is 4.79 Å². The molecule has 2 aromatic rings. The molecule has 0 fully saturated rings. The van der Waals surface area contributed by atoms with Crippen molar-refractivity contribution in [2.45, 2.75) is 12.8 Å². The Morgan fingerprint density at radius 1 is 0.950 bits per heavy atom. The van der Waals surface area contributed by atoms with Crippen LogP contribution in [0.5, 0.6) is 0 Å². The number of amides is 1. The Balaban J connectivity index is 0.000000123. The van der Waals surface area contributed by atoms with E-state index in [9.17, 15) is 4.79 Å². The summed E-state index contributed by atoms with van der Waals surface area (Å²) in [6.45, 7) is 1.95. The minimum atomic E-state index is 0.836. The lowest BCUT2D eigenvalue weighted by molar-refractivity contribution is -0.107. The highest BCUT2D eigenvalue weighted by Gasteiger charge is 2.16. The molecule has 0 spiro atoms. The minimum Gasteiger partial charge on any atom is -0.384 e. The Hall–Kier alpha value is -2.29. The molecule has 1 N–H and O–H groups in total. The summed E-state index contributed by atoms with van der Waals surface area (Å²) >= 11 is 0. The number of fused-ring (bicyclic) bond motifs is 2. The molecule has 0 saturated heterocycles. The summed E-state index contributed by atoms with van der Waals surface area (Å²) in [6, 6.07) is 16.5. The first-order chi connectivity index (χ1) is 9.88. The zero-order valence-corrected chi connectivity index (χ0v) is 11.4. The molecule has 20 heavy (non-hydrogen) atoms. The van der Waals surface area contributed by atoms with Gasteiger partial charge in [0.1, 0.15) is 0 Å². The largest absolute Gasteiger partial charge is 0.384 e. The number of hydrogen-bond donors (Lipinski definition) is 1. The first kappa shape index (κ1) is 12.7. The van der Waals surface area contributed by atoms with Gasteiger partial charge in [-0.2, -0.15) is 0 Å². The molecular weight excluding hydrogens is 248 g/mol. The van der Waals surface area contributed by atoms with Crippen molar-refractivity contribution >= 4 is 17.8 Å². The molecule has 3 heteroatoms. The van der Waals surface area contributed by atoms with E-state index >= 15 is 0 Å². The minimum absolute atomic E-state index is 0.836. The lowest BCUT2D eigenvalue weighted by atomic mass is 10.2. The van der Waals surface area contributed by atoms with Gasteiger partial charge in [-0.25, -0.2) is 0 Å². The fraction of sp³-hybridized carbons (Fsp3) is 0.235. The zero-order chi connectivity index (χ0) is 13.8. The van der Waals surface area contributed by atoms with E-state index in [-0.39, 0.29) is 0 Å². The standard InChI is InChI=1S/C9H9NO.C8H9N/c11-7-10-6-5-8-3-1-2-4-9(8)10;1-2-4-8-7(3-1)5-6-9-8/h1-4,7H,5-6H2;1-4,9H,5-6H2. The molecule has 1 amide bonds. The van der Waals surface area contributed by atoms with Crippen LogP contribution in [-0.4, -0.2) is 19.5 Å². The van der Waals surface area contributed by atoms with Gasteiger partial charge in [0.15, 0.2) is 0 Å². The Bertz CT molecular complexity index is 586. The van der Waals surface area contributed by atoms with E-state index in [2.05, 4.69) is 35.6 Å². The topological polar surface area (TPSA) is 32.3 Å². The van der Waals surface area contributed by atoms with Gasteiger partial charge < -0.3 is 10.2 Å². The van der Waals surface area contributed by atoms with Gasteiger partial charge in [0, 0.05) is 24.5 Å². The summed E-state index contributed by atoms with van der Waals surface area (Å²) in [7, 11) is 0. The Morgan fingerprint density at radius 3 is 2.50 bits per heavy atom. The van der Waals surface area contributed by atoms with Crippen LogP contribution in [0.15, 0.2) is 48.5 Å². The Labute approximate surface area is 119 Å². The molecule has 0 atom stereocenters. The van der Waals surface area contributed by atoms with Crippen LogP contribution in [0.25, 0.3) is 0 Å². The van der Waals surface area contributed by atoms with Gasteiger partial charge >= 0.3 is 0 Å². The van der Waals surface area contributed by atoms with Crippen molar-refractivity contribution in [3.8, 4) is 0 Å². The number of anilines is 2. The summed E-state index contributed by atoms with van der Waals surface area (Å²) in [5.41, 5.74) is 5.12. The normalized spacial score (nSPS) is 14.7. The molecule has 0 saturated carbocycles. The van der Waals surface area contributed by atoms with Crippen molar-refractivity contribution in [1.82, 2.24) is 0 Å². The van der Waals surface area contributed by atoms with E-state index in [0.29, 0.717) is 0 Å². The SMILES string of the molecule is O=CN1CCc2ccccc21.c1ccc2c(c1)CCN2. The van der Waals surface area contributed by atoms with Crippen LogP contribution in [0.4, 0.5) is 11.4 Å². The maximum absolute atomic E-state index is 10.5. The van der Waals surface area contributed by atoms with Crippen LogP contribution in [0.1, 0.15) is 11.1 Å². The van der Waals surface area contributed by atoms with Crippen LogP contribution in [0.2, 0.25) is 0 Å². The third-order valence-corrected chi connectivity index (χ3v) is 3.78. The number of nitrogens with zero attached hydrogens (tertiary/aromatic N) is 1. The first-order valence-electron chi connectivity index (χ1n) is 7.00. The van der Waals surface area contributed by atoms with E-state index in [4.69, 9.17) is 0 Å². The molecule has 2 aromatic carbocycles. The predicted molar refractivity (Wildman–Crippen MR) is 82.2 cm³/mol. The van der Waals surface area contributed by atoms with Crippen molar-refractivity contribution in [2.24, 2.45) is 0 Å². The Kier molecular flexibility index (Phi) is 3.68. The number of nitrogens with one attached hydrogen (secondary N) is 1. The number of rotatable bonds is 1. The van der Waals surface area contributed by atoms with Crippen LogP contribution in [-0.2, 0) is 17.6 Å². The van der Waals surface area contributed by atoms with Crippen molar-refractivity contribution in [3.05, 3.63) is 59.7 Å². The van der Waals surface area contributed by atoms with Crippen LogP contribution < -0.4 is 10.2 Å². The van der Waals surface area contributed by atoms with Gasteiger partial charge in [0.05, 0.1) is 0 Å². The lowest BCUT2D eigenvalue weighted by Crippen LogP contribution is -2.16. The summed E-state index contributed by atoms with van der Waals surface area (Å²) in [5, 5.41) is 3.30. The van der Waals surface area contributed by atoms with E-state index < -0.39 is 0 Å². The molecule has 0 aliphatic carbocycles. The fourth-order valence-electron chi connectivity index (χ4n) is 2.72. The van der Waals surface area contributed by atoms with Crippen LogP contribution in [0, 0.1) is 0 Å². The number of para-hydroxylation sites is 2. The third kappa shape index (κ3) is 2.52. The smallest absolute Gasteiger partial charge is 0.214 e. The van der Waals surface area contributed by atoms with Crippen molar-refractivity contribution in [1.29, 1.82) is 0 Å². The molecule has 0 unspecified atom stereocenters. The molecule has 0 aromatic heterocycles. The summed E-state index contributed by atoms with van der Waals surface area (Å²) < 4.78 is 0. The summed E-state index contributed by atoms with van der Waals surface area (Å²) in [4.78, 5) is 12.2. The second-order valence-electron chi connectivity index (χ2n) is 5.01. The van der Waals surface area contributed by atoms with Crippen molar-refractivity contribution in [3.63, 3.8) is 0 Å². The van der Waals surface area contributed by atoms with Crippen LogP contribution in [0.3, 0.4) is 0 Å². The molecule has 3 nitrogen and oxygen atoms in total. The van der Waals surface area contributed by atoms with E-state index in [1.807, 2.05) is 18.2 Å². The molecule has 2 aliphatic rings. The highest BCUT2D eigenvalue weighted by Crippen LogP contribution is 2.25. The summed E-state index contributed by atoms with van der Waals surface area (Å²) in [5.74, 6) is 0. The lowest BCUT2D eigenvalue weighted by Gasteiger charge is -2.08.